The smallest absolute Gasteiger partial charge is 0.339 e. The van der Waals surface area contributed by atoms with Gasteiger partial charge in [0.2, 0.25) is 0 Å². The predicted octanol–water partition coefficient (Wildman–Crippen LogP) is 1.50. The summed E-state index contributed by atoms with van der Waals surface area (Å²) in [6.07, 6.45) is 1.60. The summed E-state index contributed by atoms with van der Waals surface area (Å²) in [6.45, 7) is 1.87. The van der Waals surface area contributed by atoms with Gasteiger partial charge in [-0.3, -0.25) is 0 Å². The summed E-state index contributed by atoms with van der Waals surface area (Å²) in [7, 11) is 3.16. The van der Waals surface area contributed by atoms with Gasteiger partial charge in [-0.25, -0.2) is 4.79 Å². The molecule has 0 fully saturated rings. The Morgan fingerprint density at radius 2 is 2.17 bits per heavy atom. The number of ether oxygens (including phenoxy) is 1. The van der Waals surface area contributed by atoms with Gasteiger partial charge < -0.3 is 9.84 Å². The van der Waals surface area contributed by atoms with Crippen molar-refractivity contribution in [3.63, 3.8) is 0 Å². The highest BCUT2D eigenvalue weighted by atomic mass is 16.5. The van der Waals surface area contributed by atoms with Gasteiger partial charge in [0.25, 0.3) is 0 Å². The molecule has 94 valence electrons. The van der Waals surface area contributed by atoms with E-state index < -0.39 is 5.97 Å². The molecule has 2 aromatic rings. The van der Waals surface area contributed by atoms with Crippen molar-refractivity contribution in [3.8, 4) is 17.0 Å². The van der Waals surface area contributed by atoms with Crippen molar-refractivity contribution < 1.29 is 14.6 Å². The normalized spacial score (nSPS) is 10.4. The Morgan fingerprint density at radius 1 is 1.44 bits per heavy atom. The van der Waals surface area contributed by atoms with Crippen molar-refractivity contribution in [2.45, 2.75) is 6.92 Å². The van der Waals surface area contributed by atoms with Gasteiger partial charge in [0.1, 0.15) is 17.0 Å². The third-order valence-corrected chi connectivity index (χ3v) is 2.65. The van der Waals surface area contributed by atoms with Crippen LogP contribution < -0.4 is 4.74 Å². The van der Waals surface area contributed by atoms with Crippen LogP contribution in [-0.2, 0) is 7.05 Å². The van der Waals surface area contributed by atoms with Gasteiger partial charge in [0.05, 0.1) is 13.3 Å². The number of carboxylic acid groups (broad SMARTS) is 1. The van der Waals surface area contributed by atoms with Crippen LogP contribution in [0.25, 0.3) is 11.3 Å². The van der Waals surface area contributed by atoms with Crippen molar-refractivity contribution in [2.24, 2.45) is 7.05 Å². The minimum Gasteiger partial charge on any atom is -0.496 e. The average Bonchev–Trinajstić information content (AvgIpc) is 2.74. The lowest BCUT2D eigenvalue weighted by molar-refractivity contribution is 0.0693. The molecule has 6 nitrogen and oxygen atoms in total. The van der Waals surface area contributed by atoms with Crippen LogP contribution in [0.5, 0.6) is 5.75 Å². The fourth-order valence-electron chi connectivity index (χ4n) is 1.76. The van der Waals surface area contributed by atoms with E-state index in [0.717, 1.165) is 11.1 Å². The third-order valence-electron chi connectivity index (χ3n) is 2.65. The second-order valence-electron chi connectivity index (χ2n) is 3.89. The highest BCUT2D eigenvalue weighted by Crippen LogP contribution is 2.29. The number of aryl methyl sites for hydroxylation is 2. The zero-order valence-corrected chi connectivity index (χ0v) is 10.3. The minimum atomic E-state index is -1.03. The molecule has 0 amide bonds. The molecule has 0 aliphatic heterocycles. The van der Waals surface area contributed by atoms with Gasteiger partial charge in [0.15, 0.2) is 0 Å². The molecular formula is C12H13N3O3. The van der Waals surface area contributed by atoms with Gasteiger partial charge >= 0.3 is 5.97 Å². The molecule has 0 aliphatic rings. The molecule has 0 radical (unpaired) electrons. The number of nitrogens with zero attached hydrogens (tertiary/aromatic N) is 3. The largest absolute Gasteiger partial charge is 0.496 e. The lowest BCUT2D eigenvalue weighted by Gasteiger charge is -2.09. The zero-order chi connectivity index (χ0) is 13.3. The van der Waals surface area contributed by atoms with Crippen LogP contribution in [0.4, 0.5) is 0 Å². The number of aromatic carboxylic acids is 1. The number of hydrogen-bond acceptors (Lipinski definition) is 4. The number of carboxylic acids is 1. The standard InChI is InChI=1S/C12H13N3O3/c1-7-4-11(18-3)9(12(16)17)5-8(7)10-6-13-15(2)14-10/h4-6H,1-3H3,(H,16,17). The molecule has 0 saturated heterocycles. The molecule has 0 spiro atoms. The lowest BCUT2D eigenvalue weighted by Crippen LogP contribution is -2.02. The quantitative estimate of drug-likeness (QED) is 0.889. The first kappa shape index (κ1) is 12.1. The van der Waals surface area contributed by atoms with Crippen molar-refractivity contribution in [2.75, 3.05) is 7.11 Å². The van der Waals surface area contributed by atoms with Gasteiger partial charge in [-0.1, -0.05) is 0 Å². The Hall–Kier alpha value is -2.37. The molecule has 1 aromatic carbocycles. The Kier molecular flexibility index (Phi) is 3.01. The molecule has 0 atom stereocenters. The van der Waals surface area contributed by atoms with E-state index in [9.17, 15) is 4.79 Å². The highest BCUT2D eigenvalue weighted by molar-refractivity contribution is 5.93. The number of benzene rings is 1. The van der Waals surface area contributed by atoms with Crippen LogP contribution in [0.1, 0.15) is 15.9 Å². The summed E-state index contributed by atoms with van der Waals surface area (Å²) >= 11 is 0. The Balaban J connectivity index is 2.62. The number of rotatable bonds is 3. The summed E-state index contributed by atoms with van der Waals surface area (Å²) in [5.41, 5.74) is 2.38. The molecule has 0 saturated carbocycles. The maximum absolute atomic E-state index is 11.2. The van der Waals surface area contributed by atoms with E-state index in [4.69, 9.17) is 9.84 Å². The topological polar surface area (TPSA) is 77.2 Å². The summed E-state index contributed by atoms with van der Waals surface area (Å²) in [6, 6.07) is 3.24. The SMILES string of the molecule is COc1cc(C)c(-c2cnn(C)n2)cc1C(=O)O. The van der Waals surface area contributed by atoms with Gasteiger partial charge in [-0.15, -0.1) is 0 Å². The first-order chi connectivity index (χ1) is 8.52. The molecule has 18 heavy (non-hydrogen) atoms. The Bertz CT molecular complexity index is 605. The minimum absolute atomic E-state index is 0.115. The summed E-state index contributed by atoms with van der Waals surface area (Å²) in [5, 5.41) is 17.3. The van der Waals surface area contributed by atoms with Gasteiger partial charge in [0, 0.05) is 12.6 Å². The summed E-state index contributed by atoms with van der Waals surface area (Å²) in [5.74, 6) is -0.690. The van der Waals surface area contributed by atoms with E-state index >= 15 is 0 Å². The average molecular weight is 247 g/mol. The monoisotopic (exact) mass is 247 g/mol. The first-order valence-corrected chi connectivity index (χ1v) is 5.31. The molecule has 2 rings (SSSR count). The Morgan fingerprint density at radius 3 is 2.67 bits per heavy atom. The molecular weight excluding hydrogens is 234 g/mol. The predicted molar refractivity (Wildman–Crippen MR) is 64.7 cm³/mol. The molecule has 1 heterocycles. The van der Waals surface area contributed by atoms with Crippen molar-refractivity contribution >= 4 is 5.97 Å². The van der Waals surface area contributed by atoms with E-state index in [2.05, 4.69) is 10.2 Å². The second-order valence-corrected chi connectivity index (χ2v) is 3.89. The van der Waals surface area contributed by atoms with E-state index in [-0.39, 0.29) is 5.56 Å². The molecule has 1 N–H and O–H groups in total. The first-order valence-electron chi connectivity index (χ1n) is 5.31. The summed E-state index contributed by atoms with van der Waals surface area (Å²) in [4.78, 5) is 12.6. The molecule has 1 aromatic heterocycles. The van der Waals surface area contributed by atoms with Crippen molar-refractivity contribution in [1.82, 2.24) is 15.0 Å². The fourth-order valence-corrected chi connectivity index (χ4v) is 1.76. The van der Waals surface area contributed by atoms with Crippen molar-refractivity contribution in [1.29, 1.82) is 0 Å². The fraction of sp³-hybridized carbons (Fsp3) is 0.250. The van der Waals surface area contributed by atoms with Gasteiger partial charge in [-0.05, 0) is 24.6 Å². The number of aromatic nitrogens is 3. The van der Waals surface area contributed by atoms with Crippen LogP contribution in [0, 0.1) is 6.92 Å². The number of hydrogen-bond donors (Lipinski definition) is 1. The van der Waals surface area contributed by atoms with Crippen LogP contribution >= 0.6 is 0 Å². The maximum atomic E-state index is 11.2. The van der Waals surface area contributed by atoms with Crippen LogP contribution in [-0.4, -0.2) is 33.2 Å². The third kappa shape index (κ3) is 2.04. The van der Waals surface area contributed by atoms with E-state index in [1.54, 1.807) is 25.4 Å². The second kappa shape index (κ2) is 4.48. The summed E-state index contributed by atoms with van der Waals surface area (Å²) < 4.78 is 5.06. The highest BCUT2D eigenvalue weighted by Gasteiger charge is 2.16. The van der Waals surface area contributed by atoms with Crippen molar-refractivity contribution in [3.05, 3.63) is 29.5 Å². The lowest BCUT2D eigenvalue weighted by atomic mass is 10.0. The molecule has 0 bridgehead atoms. The zero-order valence-electron chi connectivity index (χ0n) is 10.3. The molecule has 6 heteroatoms. The maximum Gasteiger partial charge on any atom is 0.339 e. The van der Waals surface area contributed by atoms with Crippen LogP contribution in [0.3, 0.4) is 0 Å². The number of carbonyl (C=O) groups is 1. The van der Waals surface area contributed by atoms with E-state index in [1.165, 1.54) is 11.9 Å². The van der Waals surface area contributed by atoms with Gasteiger partial charge in [-0.2, -0.15) is 15.0 Å². The molecule has 0 aliphatic carbocycles. The van der Waals surface area contributed by atoms with E-state index in [0.29, 0.717) is 11.4 Å². The number of methoxy groups -OCH3 is 1. The van der Waals surface area contributed by atoms with E-state index in [1.807, 2.05) is 6.92 Å². The Labute approximate surface area is 104 Å². The van der Waals surface area contributed by atoms with Crippen LogP contribution in [0.15, 0.2) is 18.3 Å². The molecule has 0 unspecified atom stereocenters. The van der Waals surface area contributed by atoms with Crippen LogP contribution in [0.2, 0.25) is 0 Å².